The lowest BCUT2D eigenvalue weighted by molar-refractivity contribution is 0.249. The van der Waals surface area contributed by atoms with E-state index >= 15 is 0 Å². The Kier molecular flexibility index (Phi) is 8.54. The molecular formula is C28H35FN4O3S2. The highest BCUT2D eigenvalue weighted by atomic mass is 32.2. The van der Waals surface area contributed by atoms with Crippen LogP contribution in [-0.2, 0) is 10.0 Å². The molecule has 0 spiro atoms. The van der Waals surface area contributed by atoms with Crippen molar-refractivity contribution >= 4 is 33.1 Å². The van der Waals surface area contributed by atoms with Crippen molar-refractivity contribution in [3.8, 4) is 10.4 Å². The van der Waals surface area contributed by atoms with Crippen molar-refractivity contribution in [3.05, 3.63) is 65.0 Å². The Morgan fingerprint density at radius 3 is 2.50 bits per heavy atom. The maximum atomic E-state index is 14.1. The first-order chi connectivity index (χ1) is 17.9. The van der Waals surface area contributed by atoms with Gasteiger partial charge in [-0.3, -0.25) is 0 Å². The average molecular weight is 559 g/mol. The van der Waals surface area contributed by atoms with Crippen molar-refractivity contribution in [2.75, 3.05) is 5.32 Å². The van der Waals surface area contributed by atoms with E-state index in [1.54, 1.807) is 64.2 Å². The fourth-order valence-corrected chi connectivity index (χ4v) is 7.56. The molecule has 1 atom stereocenters. The van der Waals surface area contributed by atoms with Gasteiger partial charge in [0, 0.05) is 34.5 Å². The maximum absolute atomic E-state index is 14.1. The van der Waals surface area contributed by atoms with Gasteiger partial charge < -0.3 is 10.6 Å². The summed E-state index contributed by atoms with van der Waals surface area (Å²) in [7, 11) is -3.93. The van der Waals surface area contributed by atoms with Gasteiger partial charge in [0.15, 0.2) is 0 Å². The van der Waals surface area contributed by atoms with E-state index in [9.17, 15) is 17.6 Å². The SMILES string of the molecule is C[C@H](NC(=O)Nc1ccc(-c2cnc(C3CCCCC3)s2)c(S(=O)(=O)NC(C)(C)C)c1)c1ccccc1F. The van der Waals surface area contributed by atoms with Gasteiger partial charge in [-0.15, -0.1) is 11.3 Å². The number of benzene rings is 2. The van der Waals surface area contributed by atoms with Crippen LogP contribution in [0.25, 0.3) is 10.4 Å². The Bertz CT molecular complexity index is 1390. The summed E-state index contributed by atoms with van der Waals surface area (Å²) in [5.41, 5.74) is 0.493. The van der Waals surface area contributed by atoms with Gasteiger partial charge in [-0.2, -0.15) is 0 Å². The molecular weight excluding hydrogens is 523 g/mol. The van der Waals surface area contributed by atoms with Gasteiger partial charge in [0.25, 0.3) is 0 Å². The summed E-state index contributed by atoms with van der Waals surface area (Å²) < 4.78 is 43.8. The monoisotopic (exact) mass is 558 g/mol. The Balaban J connectivity index is 1.62. The van der Waals surface area contributed by atoms with E-state index < -0.39 is 33.5 Å². The van der Waals surface area contributed by atoms with Crippen molar-refractivity contribution in [2.24, 2.45) is 0 Å². The number of carbonyl (C=O) groups is 1. The molecule has 4 rings (SSSR count). The molecule has 1 heterocycles. The minimum Gasteiger partial charge on any atom is -0.331 e. The van der Waals surface area contributed by atoms with Crippen LogP contribution in [0.4, 0.5) is 14.9 Å². The Labute approximate surface area is 228 Å². The molecule has 204 valence electrons. The van der Waals surface area contributed by atoms with Gasteiger partial charge in [0.2, 0.25) is 10.0 Å². The fourth-order valence-electron chi connectivity index (χ4n) is 4.70. The Morgan fingerprint density at radius 1 is 1.11 bits per heavy atom. The molecule has 0 unspecified atom stereocenters. The normalized spacial score (nSPS) is 15.7. The second-order valence-electron chi connectivity index (χ2n) is 10.8. The molecule has 7 nitrogen and oxygen atoms in total. The number of sulfonamides is 1. The summed E-state index contributed by atoms with van der Waals surface area (Å²) >= 11 is 1.53. The highest BCUT2D eigenvalue weighted by Gasteiger charge is 2.27. The summed E-state index contributed by atoms with van der Waals surface area (Å²) in [5, 5.41) is 6.44. The molecule has 1 aliphatic rings. The molecule has 1 aromatic heterocycles. The number of nitrogens with one attached hydrogen (secondary N) is 3. The molecule has 0 saturated heterocycles. The predicted molar refractivity (Wildman–Crippen MR) is 150 cm³/mol. The fraction of sp³-hybridized carbons (Fsp3) is 0.429. The number of amides is 2. The second kappa shape index (κ2) is 11.5. The highest BCUT2D eigenvalue weighted by molar-refractivity contribution is 7.89. The summed E-state index contributed by atoms with van der Waals surface area (Å²) in [6.45, 7) is 7.01. The molecule has 10 heteroatoms. The smallest absolute Gasteiger partial charge is 0.319 e. The zero-order chi connectivity index (χ0) is 27.5. The van der Waals surface area contributed by atoms with Crippen LogP contribution >= 0.6 is 11.3 Å². The van der Waals surface area contributed by atoms with E-state index in [1.165, 1.54) is 42.7 Å². The van der Waals surface area contributed by atoms with Crippen molar-refractivity contribution in [1.82, 2.24) is 15.0 Å². The minimum atomic E-state index is -3.93. The van der Waals surface area contributed by atoms with Crippen LogP contribution in [0.15, 0.2) is 53.6 Å². The quantitative estimate of drug-likeness (QED) is 0.292. The van der Waals surface area contributed by atoms with Gasteiger partial charge in [0.05, 0.1) is 20.8 Å². The number of urea groups is 1. The summed E-state index contributed by atoms with van der Waals surface area (Å²) in [5.74, 6) is -0.000209. The average Bonchev–Trinajstić information content (AvgIpc) is 3.33. The molecule has 38 heavy (non-hydrogen) atoms. The lowest BCUT2D eigenvalue weighted by atomic mass is 9.90. The molecule has 0 aliphatic heterocycles. The van der Waals surface area contributed by atoms with Crippen LogP contribution in [0.5, 0.6) is 0 Å². The molecule has 0 radical (unpaired) electrons. The maximum Gasteiger partial charge on any atom is 0.319 e. The molecule has 2 amide bonds. The van der Waals surface area contributed by atoms with Crippen LogP contribution in [0.2, 0.25) is 0 Å². The number of hydrogen-bond acceptors (Lipinski definition) is 5. The van der Waals surface area contributed by atoms with E-state index in [0.717, 1.165) is 22.7 Å². The van der Waals surface area contributed by atoms with Crippen LogP contribution in [-0.4, -0.2) is 25.0 Å². The zero-order valence-electron chi connectivity index (χ0n) is 22.2. The number of carbonyl (C=O) groups excluding carboxylic acids is 1. The number of thiazole rings is 1. The van der Waals surface area contributed by atoms with Gasteiger partial charge >= 0.3 is 6.03 Å². The third-order valence-corrected chi connectivity index (χ3v) is 9.42. The van der Waals surface area contributed by atoms with Crippen molar-refractivity contribution < 1.29 is 17.6 Å². The van der Waals surface area contributed by atoms with Gasteiger partial charge in [-0.05, 0) is 58.7 Å². The first-order valence-electron chi connectivity index (χ1n) is 12.9. The molecule has 1 aliphatic carbocycles. The molecule has 1 saturated carbocycles. The van der Waals surface area contributed by atoms with Crippen LogP contribution in [0.1, 0.15) is 82.3 Å². The number of anilines is 1. The largest absolute Gasteiger partial charge is 0.331 e. The summed E-state index contributed by atoms with van der Waals surface area (Å²) in [4.78, 5) is 18.2. The predicted octanol–water partition coefficient (Wildman–Crippen LogP) is 6.96. The third kappa shape index (κ3) is 6.98. The van der Waals surface area contributed by atoms with Crippen LogP contribution in [0, 0.1) is 5.82 Å². The van der Waals surface area contributed by atoms with Crippen molar-refractivity contribution in [3.63, 3.8) is 0 Å². The molecule has 3 aromatic rings. The number of aromatic nitrogens is 1. The molecule has 3 N–H and O–H groups in total. The van der Waals surface area contributed by atoms with Crippen molar-refractivity contribution in [2.45, 2.75) is 82.2 Å². The van der Waals surface area contributed by atoms with E-state index in [4.69, 9.17) is 0 Å². The molecule has 1 fully saturated rings. The summed E-state index contributed by atoms with van der Waals surface area (Å²) in [6, 6.07) is 9.89. The zero-order valence-corrected chi connectivity index (χ0v) is 23.8. The van der Waals surface area contributed by atoms with Gasteiger partial charge in [-0.1, -0.05) is 43.5 Å². The first kappa shape index (κ1) is 28.2. The standard InChI is InChI=1S/C28H35FN4O3S2/c1-18(21-12-8-9-13-23(21)29)31-27(34)32-20-14-15-22(25(16-20)38(35,36)33-28(2,3)4)24-17-30-26(37-24)19-10-6-5-7-11-19/h8-9,12-19,33H,5-7,10-11H2,1-4H3,(H2,31,32,34)/t18-/m0/s1. The third-order valence-electron chi connectivity index (χ3n) is 6.43. The van der Waals surface area contributed by atoms with E-state index in [2.05, 4.69) is 20.3 Å². The second-order valence-corrected chi connectivity index (χ2v) is 13.5. The number of hydrogen-bond donors (Lipinski definition) is 3. The van der Waals surface area contributed by atoms with Crippen LogP contribution in [0.3, 0.4) is 0 Å². The van der Waals surface area contributed by atoms with Crippen molar-refractivity contribution in [1.29, 1.82) is 0 Å². The van der Waals surface area contributed by atoms with E-state index in [-0.39, 0.29) is 4.90 Å². The van der Waals surface area contributed by atoms with Gasteiger partial charge in [-0.25, -0.2) is 27.3 Å². The Hall–Kier alpha value is -2.82. The number of rotatable bonds is 7. The Morgan fingerprint density at radius 2 is 1.82 bits per heavy atom. The molecule has 0 bridgehead atoms. The highest BCUT2D eigenvalue weighted by Crippen LogP contribution is 2.39. The minimum absolute atomic E-state index is 0.0613. The van der Waals surface area contributed by atoms with Gasteiger partial charge in [0.1, 0.15) is 5.82 Å². The topological polar surface area (TPSA) is 100 Å². The summed E-state index contributed by atoms with van der Waals surface area (Å²) in [6.07, 6.45) is 7.58. The van der Waals surface area contributed by atoms with E-state index in [0.29, 0.717) is 22.7 Å². The van der Waals surface area contributed by atoms with Crippen LogP contribution < -0.4 is 15.4 Å². The van der Waals surface area contributed by atoms with E-state index in [1.807, 2.05) is 0 Å². The lowest BCUT2D eigenvalue weighted by Gasteiger charge is -2.22. The number of nitrogens with zero attached hydrogens (tertiary/aromatic N) is 1. The number of halogens is 1. The molecule has 2 aromatic carbocycles. The lowest BCUT2D eigenvalue weighted by Crippen LogP contribution is -2.40. The first-order valence-corrected chi connectivity index (χ1v) is 15.2.